The second kappa shape index (κ2) is 33.2. The highest BCUT2D eigenvalue weighted by atomic mass is 16.7. The van der Waals surface area contributed by atoms with Gasteiger partial charge in [-0.2, -0.15) is 0 Å². The highest BCUT2D eigenvalue weighted by molar-refractivity contribution is 5.82. The van der Waals surface area contributed by atoms with Crippen LogP contribution in [0.25, 0.3) is 11.1 Å². The Bertz CT molecular complexity index is 2660. The van der Waals surface area contributed by atoms with E-state index in [0.717, 1.165) is 28.3 Å². The van der Waals surface area contributed by atoms with Gasteiger partial charge in [0.15, 0.2) is 12.1 Å². The van der Waals surface area contributed by atoms with Gasteiger partial charge in [-0.1, -0.05) is 154 Å². The van der Waals surface area contributed by atoms with Crippen LogP contribution in [0.15, 0.2) is 146 Å². The molecule has 2 fully saturated rings. The van der Waals surface area contributed by atoms with E-state index in [2.05, 4.69) is 5.32 Å². The van der Waals surface area contributed by atoms with E-state index in [4.69, 9.17) is 28.4 Å². The molecule has 0 unspecified atom stereocenters. The summed E-state index contributed by atoms with van der Waals surface area (Å²) in [4.78, 5) is 38.7. The van der Waals surface area contributed by atoms with Gasteiger partial charge in [0, 0.05) is 55.4 Å². The molecule has 3 aliphatic heterocycles. The van der Waals surface area contributed by atoms with Crippen molar-refractivity contribution >= 4 is 18.0 Å². The highest BCUT2D eigenvalue weighted by Crippen LogP contribution is 2.45. The van der Waals surface area contributed by atoms with Crippen molar-refractivity contribution in [3.05, 3.63) is 157 Å². The van der Waals surface area contributed by atoms with Crippen LogP contribution in [-0.4, -0.2) is 180 Å². The molecule has 0 spiro atoms. The molecule has 2 aromatic rings. The Morgan fingerprint density at radius 1 is 0.659 bits per heavy atom. The van der Waals surface area contributed by atoms with Gasteiger partial charge in [0.25, 0.3) is 0 Å². The number of aliphatic hydroxyl groups is 10. The lowest BCUT2D eigenvalue weighted by Gasteiger charge is -2.46. The van der Waals surface area contributed by atoms with Crippen LogP contribution in [0.1, 0.15) is 96.1 Å². The van der Waals surface area contributed by atoms with Gasteiger partial charge in [0.05, 0.1) is 80.6 Å². The normalized spacial score (nSPS) is 38.0. The molecular formula is C65H87NO19. The van der Waals surface area contributed by atoms with Crippen molar-refractivity contribution < 1.29 is 93.9 Å². The van der Waals surface area contributed by atoms with E-state index in [0.29, 0.717) is 0 Å². The van der Waals surface area contributed by atoms with Gasteiger partial charge in [-0.15, -0.1) is 0 Å². The van der Waals surface area contributed by atoms with Crippen LogP contribution in [0.4, 0.5) is 4.79 Å². The summed E-state index contributed by atoms with van der Waals surface area (Å²) in [5, 5.41) is 115. The Kier molecular flexibility index (Phi) is 26.7. The topological polar surface area (TPSA) is 321 Å². The molecule has 0 aromatic heterocycles. The Morgan fingerprint density at radius 3 is 1.86 bits per heavy atom. The highest BCUT2D eigenvalue weighted by Gasteiger charge is 2.49. The molecule has 4 aliphatic rings. The van der Waals surface area contributed by atoms with E-state index >= 15 is 0 Å². The van der Waals surface area contributed by atoms with Gasteiger partial charge in [-0.3, -0.25) is 4.79 Å². The molecule has 466 valence electrons. The number of ether oxygens (including phenoxy) is 6. The lowest BCUT2D eigenvalue weighted by Crippen LogP contribution is -2.64. The summed E-state index contributed by atoms with van der Waals surface area (Å²) in [6.45, 7) is 6.71. The minimum Gasteiger partial charge on any atom is -0.466 e. The fraction of sp³-hybridized carbons (Fsp3) is 0.523. The maximum absolute atomic E-state index is 13.6. The average Bonchev–Trinajstić information content (AvgIpc) is 2.34. The lowest BCUT2D eigenvalue weighted by atomic mass is 9.82. The molecule has 3 heterocycles. The van der Waals surface area contributed by atoms with Gasteiger partial charge >= 0.3 is 18.0 Å². The van der Waals surface area contributed by atoms with Crippen LogP contribution in [-0.2, 0) is 38.0 Å². The van der Waals surface area contributed by atoms with Crippen molar-refractivity contribution in [2.45, 2.75) is 182 Å². The number of carbonyl (C=O) groups is 3. The average molecular weight is 1190 g/mol. The number of alkyl carbamates (subject to hydrolysis) is 1. The largest absolute Gasteiger partial charge is 0.466 e. The number of hydrogen-bond acceptors (Lipinski definition) is 19. The Balaban J connectivity index is 1.22. The van der Waals surface area contributed by atoms with Gasteiger partial charge in [0.2, 0.25) is 0 Å². The van der Waals surface area contributed by atoms with Crippen LogP contribution >= 0.6 is 0 Å². The smallest absolute Gasteiger partial charge is 0.407 e. The molecule has 85 heavy (non-hydrogen) atoms. The number of methoxy groups -OCH3 is 1. The van der Waals surface area contributed by atoms with Crippen molar-refractivity contribution in [3.8, 4) is 11.1 Å². The number of nitrogens with one attached hydrogen (secondary N) is 1. The van der Waals surface area contributed by atoms with E-state index in [9.17, 15) is 65.4 Å². The van der Waals surface area contributed by atoms with Crippen LogP contribution in [0, 0.1) is 17.8 Å². The summed E-state index contributed by atoms with van der Waals surface area (Å²) >= 11 is 0. The molecule has 19 atom stereocenters. The number of aliphatic hydroxyl groups excluding tert-OH is 9. The predicted molar refractivity (Wildman–Crippen MR) is 315 cm³/mol. The van der Waals surface area contributed by atoms with Gasteiger partial charge in [-0.25, -0.2) is 9.59 Å². The van der Waals surface area contributed by atoms with E-state index < -0.39 is 153 Å². The summed E-state index contributed by atoms with van der Waals surface area (Å²) in [6, 6.07) is 14.3. The molecule has 2 bridgehead atoms. The van der Waals surface area contributed by atoms with Crippen molar-refractivity contribution in [1.82, 2.24) is 5.32 Å². The summed E-state index contributed by atoms with van der Waals surface area (Å²) in [6.07, 6.45) is 5.21. The number of cyclic esters (lactones) is 1. The third-order valence-electron chi connectivity index (χ3n) is 16.0. The number of fused-ring (bicyclic) bond motifs is 5. The summed E-state index contributed by atoms with van der Waals surface area (Å²) in [5.41, 5.74) is 4.03. The quantitative estimate of drug-likeness (QED) is 0.0994. The molecule has 0 radical (unpaired) electrons. The standard InChI is InChI=1S/C65H87NO19/c1-39-22-16-14-12-10-8-6-7-9-11-13-15-17-23-46(84-63-62(77)59(61(76)42(4)83-63)66-64(78)81-38-52-49-26-20-18-24-47(49)48-25-19-21-27-50(48)52)35-56-51(29-31-57(73)80-5)55(72)37-65(79,85-56)36-45(69)33-54(71)53(70)30-28-43(67)32-44(68)34-58(74)82-41(3)40(2)60(39)75/h6-27,29,31,39-46,51-56,59-63,67-72,75-77,79H,28,30,32-38H2,1-5H3,(H,66,78)/b7-6+,10-8+,11-9+,14-12+,15-13+,22-16+,23-17+,31-29+/t39-,40-,41-,42+,43+,44+,45-,46-,51+,53+,54+,55-,56-,59-,60+,61+,62-,63-,65+/m0/s1. The van der Waals surface area contributed by atoms with E-state index in [-0.39, 0.29) is 44.1 Å². The van der Waals surface area contributed by atoms with Gasteiger partial charge < -0.3 is 84.8 Å². The number of benzene rings is 2. The molecule has 1 aliphatic carbocycles. The van der Waals surface area contributed by atoms with Crippen molar-refractivity contribution in [1.29, 1.82) is 0 Å². The SMILES string of the molecule is COC(=O)/C=C/[C@H]1[C@@H]2C[C@@H](O[C@@H]3O[C@H](C)[C@@H](O)[C@H](NC(=O)OCC4c5ccccc5-c5ccccc54)[C@@H]3O)/C=C/C=C/C=C/C=C/C=C/C=C/C=C/[C@H](C)[C@@H](O)[C@@H](C)[C@H](C)OC(=O)C[C@H](O)C[C@H](O)CC[C@@H](O)[C@H](O)C[C@H](O)C[C@](O)(C[C@@H]1O)O2. The van der Waals surface area contributed by atoms with E-state index in [1.54, 1.807) is 68.5 Å². The molecule has 20 heteroatoms. The number of esters is 2. The Labute approximate surface area is 497 Å². The first-order valence-electron chi connectivity index (χ1n) is 29.2. The number of hydrogen-bond donors (Lipinski definition) is 11. The molecule has 2 saturated heterocycles. The van der Waals surface area contributed by atoms with Crippen LogP contribution in [0.2, 0.25) is 0 Å². The Hall–Kier alpha value is -5.95. The number of carbonyl (C=O) groups excluding carboxylic acids is 3. The first kappa shape index (κ1) is 68.2. The van der Waals surface area contributed by atoms with Crippen LogP contribution < -0.4 is 5.32 Å². The molecule has 11 N–H and O–H groups in total. The van der Waals surface area contributed by atoms with Gasteiger partial charge in [0.1, 0.15) is 24.9 Å². The first-order valence-corrected chi connectivity index (χ1v) is 29.2. The second-order valence-electron chi connectivity index (χ2n) is 22.6. The maximum atomic E-state index is 13.6. The molecular weight excluding hydrogens is 1100 g/mol. The van der Waals surface area contributed by atoms with E-state index in [1.807, 2.05) is 85.8 Å². The fourth-order valence-electron chi connectivity index (χ4n) is 11.1. The van der Waals surface area contributed by atoms with Gasteiger partial charge in [-0.05, 0) is 55.4 Å². The predicted octanol–water partition coefficient (Wildman–Crippen LogP) is 4.94. The molecule has 6 rings (SSSR count). The van der Waals surface area contributed by atoms with E-state index in [1.165, 1.54) is 20.1 Å². The fourth-order valence-corrected chi connectivity index (χ4v) is 11.1. The minimum atomic E-state index is -2.28. The zero-order valence-corrected chi connectivity index (χ0v) is 48.8. The molecule has 2 aromatic carbocycles. The maximum Gasteiger partial charge on any atom is 0.407 e. The summed E-state index contributed by atoms with van der Waals surface area (Å²) in [5.74, 6) is -5.84. The summed E-state index contributed by atoms with van der Waals surface area (Å²) in [7, 11) is 1.17. The van der Waals surface area contributed by atoms with Crippen LogP contribution in [0.5, 0.6) is 0 Å². The zero-order valence-electron chi connectivity index (χ0n) is 48.8. The number of rotatable bonds is 7. The molecule has 1 amide bonds. The molecule has 0 saturated carbocycles. The lowest BCUT2D eigenvalue weighted by molar-refractivity contribution is -0.306. The van der Waals surface area contributed by atoms with Crippen LogP contribution in [0.3, 0.4) is 0 Å². The first-order chi connectivity index (χ1) is 40.6. The second-order valence-corrected chi connectivity index (χ2v) is 22.6. The molecule has 20 nitrogen and oxygen atoms in total. The number of amides is 1. The van der Waals surface area contributed by atoms with Crippen molar-refractivity contribution in [2.24, 2.45) is 17.8 Å². The zero-order chi connectivity index (χ0) is 61.8. The Morgan fingerprint density at radius 2 is 1.25 bits per heavy atom. The number of allylic oxidation sites excluding steroid dienone is 12. The monoisotopic (exact) mass is 1190 g/mol. The third-order valence-corrected chi connectivity index (χ3v) is 16.0. The minimum absolute atomic E-state index is 0.0415. The summed E-state index contributed by atoms with van der Waals surface area (Å²) < 4.78 is 34.9. The van der Waals surface area contributed by atoms with Crippen molar-refractivity contribution in [2.75, 3.05) is 13.7 Å². The third kappa shape index (κ3) is 20.3. The van der Waals surface area contributed by atoms with Crippen molar-refractivity contribution in [3.63, 3.8) is 0 Å².